The number of rotatable bonds is 6. The largest absolute Gasteiger partial charge is 0.381 e. The van der Waals surface area contributed by atoms with E-state index in [1.807, 2.05) is 0 Å². The van der Waals surface area contributed by atoms with Gasteiger partial charge in [-0.2, -0.15) is 0 Å². The zero-order valence-corrected chi connectivity index (χ0v) is 19.3. The maximum absolute atomic E-state index is 5.69. The number of hydrogen-bond acceptors (Lipinski definition) is 3. The van der Waals surface area contributed by atoms with Crippen molar-refractivity contribution in [2.75, 3.05) is 52.5 Å². The minimum absolute atomic E-state index is 0. The Bertz CT molecular complexity index is 445. The molecule has 0 saturated carbocycles. The number of hydrogen-bond donors (Lipinski definition) is 1. The minimum atomic E-state index is 0. The van der Waals surface area contributed by atoms with Crippen LogP contribution >= 0.6 is 24.0 Å². The van der Waals surface area contributed by atoms with E-state index in [1.54, 1.807) is 0 Å². The van der Waals surface area contributed by atoms with Crippen LogP contribution in [-0.2, 0) is 4.74 Å². The number of guanidine groups is 1. The van der Waals surface area contributed by atoms with Gasteiger partial charge >= 0.3 is 0 Å². The lowest BCUT2D eigenvalue weighted by molar-refractivity contribution is 0.156. The molecule has 3 aliphatic heterocycles. The molecule has 3 fully saturated rings. The van der Waals surface area contributed by atoms with Gasteiger partial charge in [-0.3, -0.25) is 9.89 Å². The molecular weight excluding hydrogens is 439 g/mol. The molecule has 3 rings (SSSR count). The van der Waals surface area contributed by atoms with E-state index in [1.165, 1.54) is 45.2 Å². The fourth-order valence-corrected chi connectivity index (χ4v) is 4.69. The molecule has 5 nitrogen and oxygen atoms in total. The summed E-state index contributed by atoms with van der Waals surface area (Å²) in [7, 11) is 0. The van der Waals surface area contributed by atoms with Crippen LogP contribution in [0.4, 0.5) is 0 Å². The standard InChI is InChI=1S/C20H38N4O.HI/c1-4-21-19(24-11-7-20(15-24)8-12-25-16-20)22-14-18(13-17(2)3)23-9-5-6-10-23;/h17-18H,4-16H2,1-3H3,(H,21,22);1H. The molecule has 0 amide bonds. The average molecular weight is 478 g/mol. The summed E-state index contributed by atoms with van der Waals surface area (Å²) < 4.78 is 5.69. The minimum Gasteiger partial charge on any atom is -0.381 e. The highest BCUT2D eigenvalue weighted by atomic mass is 127. The highest BCUT2D eigenvalue weighted by molar-refractivity contribution is 14.0. The van der Waals surface area contributed by atoms with Crippen molar-refractivity contribution >= 4 is 29.9 Å². The smallest absolute Gasteiger partial charge is 0.193 e. The Morgan fingerprint density at radius 3 is 2.58 bits per heavy atom. The van der Waals surface area contributed by atoms with Crippen molar-refractivity contribution in [3.63, 3.8) is 0 Å². The summed E-state index contributed by atoms with van der Waals surface area (Å²) >= 11 is 0. The van der Waals surface area contributed by atoms with Crippen molar-refractivity contribution in [2.24, 2.45) is 16.3 Å². The lowest BCUT2D eigenvalue weighted by Crippen LogP contribution is -2.43. The van der Waals surface area contributed by atoms with E-state index in [4.69, 9.17) is 9.73 Å². The van der Waals surface area contributed by atoms with Crippen molar-refractivity contribution in [2.45, 2.75) is 58.9 Å². The third-order valence-corrected chi connectivity index (χ3v) is 6.11. The molecule has 2 unspecified atom stereocenters. The first kappa shape index (κ1) is 22.2. The van der Waals surface area contributed by atoms with Crippen LogP contribution in [-0.4, -0.2) is 74.3 Å². The molecule has 0 aliphatic carbocycles. The summed E-state index contributed by atoms with van der Waals surface area (Å²) in [5.41, 5.74) is 0.391. The number of nitrogens with zero attached hydrogens (tertiary/aromatic N) is 3. The third-order valence-electron chi connectivity index (χ3n) is 6.11. The summed E-state index contributed by atoms with van der Waals surface area (Å²) in [4.78, 5) is 10.2. The van der Waals surface area contributed by atoms with Crippen LogP contribution in [0, 0.1) is 11.3 Å². The highest BCUT2D eigenvalue weighted by Gasteiger charge is 2.42. The normalized spacial score (nSPS) is 28.2. The maximum Gasteiger partial charge on any atom is 0.193 e. The van der Waals surface area contributed by atoms with E-state index >= 15 is 0 Å². The van der Waals surface area contributed by atoms with Crippen LogP contribution in [0.2, 0.25) is 0 Å². The van der Waals surface area contributed by atoms with Gasteiger partial charge < -0.3 is 15.0 Å². The molecule has 1 spiro atoms. The molecule has 3 heterocycles. The molecule has 2 atom stereocenters. The van der Waals surface area contributed by atoms with Gasteiger partial charge in [-0.1, -0.05) is 13.8 Å². The number of aliphatic imine (C=N–C) groups is 1. The first-order valence-corrected chi connectivity index (χ1v) is 10.5. The summed E-state index contributed by atoms with van der Waals surface area (Å²) in [5.74, 6) is 1.85. The second kappa shape index (κ2) is 10.5. The van der Waals surface area contributed by atoms with Crippen LogP contribution in [0.3, 0.4) is 0 Å². The van der Waals surface area contributed by atoms with Crippen LogP contribution in [0.15, 0.2) is 4.99 Å². The number of ether oxygens (including phenoxy) is 1. The number of likely N-dealkylation sites (tertiary alicyclic amines) is 2. The van der Waals surface area contributed by atoms with Crippen molar-refractivity contribution in [1.82, 2.24) is 15.1 Å². The Kier molecular flexibility index (Phi) is 8.94. The zero-order chi connectivity index (χ0) is 17.7. The Balaban J connectivity index is 0.00000243. The van der Waals surface area contributed by atoms with Crippen molar-refractivity contribution in [3.8, 4) is 0 Å². The molecule has 0 aromatic rings. The van der Waals surface area contributed by atoms with Gasteiger partial charge in [0.15, 0.2) is 5.96 Å². The average Bonchev–Trinajstić information content (AvgIpc) is 3.33. The summed E-state index contributed by atoms with van der Waals surface area (Å²) in [5, 5.41) is 3.55. The van der Waals surface area contributed by atoms with Gasteiger partial charge in [0.2, 0.25) is 0 Å². The van der Waals surface area contributed by atoms with Crippen LogP contribution in [0.5, 0.6) is 0 Å². The zero-order valence-electron chi connectivity index (χ0n) is 17.0. The first-order chi connectivity index (χ1) is 12.1. The van der Waals surface area contributed by atoms with E-state index < -0.39 is 0 Å². The quantitative estimate of drug-likeness (QED) is 0.362. The lowest BCUT2D eigenvalue weighted by atomic mass is 9.87. The molecule has 3 aliphatic rings. The second-order valence-electron chi connectivity index (χ2n) is 8.70. The Morgan fingerprint density at radius 2 is 1.96 bits per heavy atom. The molecule has 6 heteroatoms. The molecule has 0 bridgehead atoms. The highest BCUT2D eigenvalue weighted by Crippen LogP contribution is 2.38. The molecule has 26 heavy (non-hydrogen) atoms. The van der Waals surface area contributed by atoms with Gasteiger partial charge in [0.25, 0.3) is 0 Å². The van der Waals surface area contributed by atoms with E-state index in [-0.39, 0.29) is 24.0 Å². The van der Waals surface area contributed by atoms with Crippen LogP contribution in [0.1, 0.15) is 52.9 Å². The van der Waals surface area contributed by atoms with E-state index in [9.17, 15) is 0 Å². The second-order valence-corrected chi connectivity index (χ2v) is 8.70. The molecule has 0 aromatic carbocycles. The molecular formula is C20H39IN4O. The number of halogens is 1. The summed E-state index contributed by atoms with van der Waals surface area (Å²) in [6.07, 6.45) is 6.42. The molecule has 0 aromatic heterocycles. The number of nitrogens with one attached hydrogen (secondary N) is 1. The maximum atomic E-state index is 5.69. The first-order valence-electron chi connectivity index (χ1n) is 10.5. The Morgan fingerprint density at radius 1 is 1.19 bits per heavy atom. The van der Waals surface area contributed by atoms with Gasteiger partial charge in [0.1, 0.15) is 0 Å². The third kappa shape index (κ3) is 5.71. The predicted molar refractivity (Wildman–Crippen MR) is 120 cm³/mol. The SMILES string of the molecule is CCNC(=NCC(CC(C)C)N1CCCC1)N1CCC2(CCOC2)C1.I. The van der Waals surface area contributed by atoms with Gasteiger partial charge in [-0.25, -0.2) is 0 Å². The molecule has 152 valence electrons. The fraction of sp³-hybridized carbons (Fsp3) is 0.950. The molecule has 0 radical (unpaired) electrons. The van der Waals surface area contributed by atoms with Gasteiger partial charge in [0, 0.05) is 37.7 Å². The predicted octanol–water partition coefficient (Wildman–Crippen LogP) is 3.19. The monoisotopic (exact) mass is 478 g/mol. The van der Waals surface area contributed by atoms with Crippen LogP contribution in [0.25, 0.3) is 0 Å². The van der Waals surface area contributed by atoms with E-state index in [0.717, 1.165) is 51.3 Å². The Hall–Kier alpha value is -0.0800. The molecule has 3 saturated heterocycles. The lowest BCUT2D eigenvalue weighted by Gasteiger charge is -2.29. The van der Waals surface area contributed by atoms with Gasteiger partial charge in [0.05, 0.1) is 13.2 Å². The van der Waals surface area contributed by atoms with Crippen molar-refractivity contribution < 1.29 is 4.74 Å². The van der Waals surface area contributed by atoms with E-state index in [0.29, 0.717) is 11.5 Å². The van der Waals surface area contributed by atoms with Crippen LogP contribution < -0.4 is 5.32 Å². The van der Waals surface area contributed by atoms with Crippen molar-refractivity contribution in [3.05, 3.63) is 0 Å². The Labute approximate surface area is 177 Å². The van der Waals surface area contributed by atoms with Gasteiger partial charge in [-0.15, -0.1) is 24.0 Å². The topological polar surface area (TPSA) is 40.1 Å². The van der Waals surface area contributed by atoms with E-state index in [2.05, 4.69) is 35.9 Å². The fourth-order valence-electron chi connectivity index (χ4n) is 4.69. The summed E-state index contributed by atoms with van der Waals surface area (Å²) in [6, 6.07) is 0.600. The van der Waals surface area contributed by atoms with Crippen molar-refractivity contribution in [1.29, 1.82) is 0 Å². The van der Waals surface area contributed by atoms with Gasteiger partial charge in [-0.05, 0) is 58.0 Å². The molecule has 1 N–H and O–H groups in total. The summed E-state index contributed by atoms with van der Waals surface area (Å²) in [6.45, 7) is 15.3.